The highest BCUT2D eigenvalue weighted by molar-refractivity contribution is 5.70. The summed E-state index contributed by atoms with van der Waals surface area (Å²) in [6.45, 7) is 4.48. The monoisotopic (exact) mass is 866 g/mol. The van der Waals surface area contributed by atoms with Crippen molar-refractivity contribution in [3.05, 3.63) is 85.1 Å². The summed E-state index contributed by atoms with van der Waals surface area (Å²) < 4.78 is 17.2. The zero-order valence-corrected chi connectivity index (χ0v) is 40.3. The van der Waals surface area contributed by atoms with Crippen LogP contribution in [0.4, 0.5) is 0 Å². The van der Waals surface area contributed by atoms with Crippen LogP contribution in [0.3, 0.4) is 0 Å². The molecule has 0 amide bonds. The number of likely N-dealkylation sites (N-methyl/N-ethyl adjacent to an activating group) is 1. The normalized spacial score (nSPS) is 13.6. The molecule has 0 aliphatic carbocycles. The van der Waals surface area contributed by atoms with Crippen molar-refractivity contribution in [2.45, 2.75) is 199 Å². The molecule has 0 bridgehead atoms. The number of quaternary nitrogens is 1. The topological polar surface area (TPSA) is 102 Å². The van der Waals surface area contributed by atoms with Crippen LogP contribution in [0.25, 0.3) is 0 Å². The van der Waals surface area contributed by atoms with E-state index in [1.165, 1.54) is 77.0 Å². The predicted octanol–water partition coefficient (Wildman–Crippen LogP) is 12.7. The minimum atomic E-state index is -1.13. The van der Waals surface area contributed by atoms with Gasteiger partial charge in [-0.3, -0.25) is 9.59 Å². The Labute approximate surface area is 380 Å². The first-order chi connectivity index (χ1) is 30.1. The molecule has 0 saturated heterocycles. The molecule has 0 spiro atoms. The first-order valence-corrected chi connectivity index (χ1v) is 24.6. The number of hydrogen-bond donors (Lipinski definition) is 0. The lowest BCUT2D eigenvalue weighted by Crippen LogP contribution is -2.55. The highest BCUT2D eigenvalue weighted by atomic mass is 16.6. The Balaban J connectivity index is 4.36. The number of nitrogens with zero attached hydrogens (tertiary/aromatic N) is 1. The van der Waals surface area contributed by atoms with Crippen LogP contribution >= 0.6 is 0 Å². The second-order valence-electron chi connectivity index (χ2n) is 17.3. The molecule has 62 heavy (non-hydrogen) atoms. The van der Waals surface area contributed by atoms with Gasteiger partial charge in [0.2, 0.25) is 0 Å². The van der Waals surface area contributed by atoms with Crippen molar-refractivity contribution in [2.24, 2.45) is 0 Å². The summed E-state index contributed by atoms with van der Waals surface area (Å²) in [6, 6.07) is -0.737. The molecule has 354 valence electrons. The van der Waals surface area contributed by atoms with Gasteiger partial charge in [0.1, 0.15) is 12.6 Å². The van der Waals surface area contributed by atoms with E-state index in [0.717, 1.165) is 70.6 Å². The average Bonchev–Trinajstić information content (AvgIpc) is 3.23. The van der Waals surface area contributed by atoms with Gasteiger partial charge in [-0.05, 0) is 83.5 Å². The quantitative estimate of drug-likeness (QED) is 0.0198. The van der Waals surface area contributed by atoms with Crippen LogP contribution in [-0.2, 0) is 28.6 Å². The molecule has 8 heteroatoms. The van der Waals surface area contributed by atoms with Crippen molar-refractivity contribution >= 4 is 17.9 Å². The van der Waals surface area contributed by atoms with Crippen LogP contribution in [0.1, 0.15) is 187 Å². The van der Waals surface area contributed by atoms with Gasteiger partial charge in [-0.15, -0.1) is 0 Å². The minimum Gasteiger partial charge on any atom is -0.544 e. The lowest BCUT2D eigenvalue weighted by molar-refractivity contribution is -0.889. The summed E-state index contributed by atoms with van der Waals surface area (Å²) in [5, 5.41) is 11.7. The lowest BCUT2D eigenvalue weighted by atomic mass is 10.1. The molecule has 0 N–H and O–H groups in total. The molecule has 0 rings (SSSR count). The van der Waals surface area contributed by atoms with Gasteiger partial charge in [0.15, 0.2) is 6.10 Å². The van der Waals surface area contributed by atoms with E-state index in [2.05, 4.69) is 98.9 Å². The maximum Gasteiger partial charge on any atom is 0.306 e. The zero-order valence-electron chi connectivity index (χ0n) is 40.3. The second-order valence-corrected chi connectivity index (χ2v) is 17.3. The largest absolute Gasteiger partial charge is 0.544 e. The Morgan fingerprint density at radius 3 is 1.45 bits per heavy atom. The zero-order chi connectivity index (χ0) is 45.6. The van der Waals surface area contributed by atoms with Crippen LogP contribution in [0.5, 0.6) is 0 Å². The summed E-state index contributed by atoms with van der Waals surface area (Å²) in [7, 11) is 5.39. The molecule has 0 aromatic carbocycles. The van der Waals surface area contributed by atoms with E-state index in [1.54, 1.807) is 21.1 Å². The number of allylic oxidation sites excluding steroid dienone is 14. The van der Waals surface area contributed by atoms with Crippen LogP contribution < -0.4 is 5.11 Å². The Bertz CT molecular complexity index is 1290. The van der Waals surface area contributed by atoms with Crippen molar-refractivity contribution in [3.63, 3.8) is 0 Å². The summed E-state index contributed by atoms with van der Waals surface area (Å²) in [4.78, 5) is 37.0. The Hall–Kier alpha value is -3.49. The first kappa shape index (κ1) is 58.5. The number of esters is 2. The molecule has 0 heterocycles. The van der Waals surface area contributed by atoms with E-state index in [4.69, 9.17) is 14.2 Å². The molecule has 0 saturated carbocycles. The van der Waals surface area contributed by atoms with Crippen molar-refractivity contribution in [3.8, 4) is 0 Å². The third kappa shape index (κ3) is 41.8. The van der Waals surface area contributed by atoms with Gasteiger partial charge in [-0.2, -0.15) is 0 Å². The lowest BCUT2D eigenvalue weighted by Gasteiger charge is -2.34. The number of carbonyl (C=O) groups is 3. The molecular formula is C54H91NO7. The first-order valence-electron chi connectivity index (χ1n) is 24.6. The molecule has 0 fully saturated rings. The highest BCUT2D eigenvalue weighted by Crippen LogP contribution is 2.14. The molecule has 0 aliphatic heterocycles. The molecule has 0 aromatic rings. The Morgan fingerprint density at radius 2 is 0.952 bits per heavy atom. The Kier molecular flexibility index (Phi) is 41.6. The molecule has 2 atom stereocenters. The summed E-state index contributed by atoms with van der Waals surface area (Å²) in [5.41, 5.74) is 0. The van der Waals surface area contributed by atoms with Gasteiger partial charge in [0.05, 0.1) is 40.3 Å². The molecule has 0 radical (unpaired) electrons. The van der Waals surface area contributed by atoms with Gasteiger partial charge < -0.3 is 28.6 Å². The molecule has 8 nitrogen and oxygen atoms in total. The van der Waals surface area contributed by atoms with Gasteiger partial charge in [0.25, 0.3) is 0 Å². The van der Waals surface area contributed by atoms with Crippen LogP contribution in [0.2, 0.25) is 0 Å². The highest BCUT2D eigenvalue weighted by Gasteiger charge is 2.25. The number of aliphatic carboxylic acids is 1. The fourth-order valence-electron chi connectivity index (χ4n) is 6.73. The summed E-state index contributed by atoms with van der Waals surface area (Å²) >= 11 is 0. The number of rotatable bonds is 43. The second kappa shape index (κ2) is 44.1. The smallest absolute Gasteiger partial charge is 0.306 e. The van der Waals surface area contributed by atoms with E-state index >= 15 is 0 Å². The number of ether oxygens (including phenoxy) is 3. The fraction of sp³-hybridized carbons (Fsp3) is 0.685. The Morgan fingerprint density at radius 1 is 0.516 bits per heavy atom. The van der Waals surface area contributed by atoms with Crippen LogP contribution in [0, 0.1) is 0 Å². The third-order valence-electron chi connectivity index (χ3n) is 10.5. The maximum atomic E-state index is 12.8. The summed E-state index contributed by atoms with van der Waals surface area (Å²) in [6.07, 6.45) is 57.5. The number of carboxylic acid groups (broad SMARTS) is 1. The van der Waals surface area contributed by atoms with Gasteiger partial charge in [-0.1, -0.05) is 170 Å². The van der Waals surface area contributed by atoms with Crippen molar-refractivity contribution in [1.82, 2.24) is 0 Å². The minimum absolute atomic E-state index is 0.0217. The van der Waals surface area contributed by atoms with Gasteiger partial charge >= 0.3 is 11.9 Å². The molecule has 0 aliphatic rings. The maximum absolute atomic E-state index is 12.8. The number of carbonyl (C=O) groups excluding carboxylic acids is 3. The van der Waals surface area contributed by atoms with E-state index in [-0.39, 0.29) is 49.1 Å². The van der Waals surface area contributed by atoms with Crippen molar-refractivity contribution < 1.29 is 38.2 Å². The summed E-state index contributed by atoms with van der Waals surface area (Å²) in [5.74, 6) is -1.79. The molecule has 0 aromatic heterocycles. The molecule has 2 unspecified atom stereocenters. The fourth-order valence-corrected chi connectivity index (χ4v) is 6.73. The van der Waals surface area contributed by atoms with E-state index < -0.39 is 18.1 Å². The predicted molar refractivity (Wildman–Crippen MR) is 258 cm³/mol. The SMILES string of the molecule is CC/C=C/C/C=C/C/C=C/C/C=C/C/C=C/CCCCCC(=O)OC(COCCC(C(=O)[O-])[N+](C)(C)C)COC(=O)CCCCCCCCCCCC/C=C/C=C/CCCCC. The van der Waals surface area contributed by atoms with Crippen LogP contribution in [-0.4, -0.2) is 75.5 Å². The van der Waals surface area contributed by atoms with Gasteiger partial charge in [-0.25, -0.2) is 0 Å². The average molecular weight is 866 g/mol. The van der Waals surface area contributed by atoms with E-state index in [0.29, 0.717) is 12.8 Å². The van der Waals surface area contributed by atoms with E-state index in [9.17, 15) is 19.5 Å². The molecular weight excluding hydrogens is 775 g/mol. The number of hydrogen-bond acceptors (Lipinski definition) is 7. The van der Waals surface area contributed by atoms with Gasteiger partial charge in [0, 0.05) is 19.3 Å². The van der Waals surface area contributed by atoms with Crippen molar-refractivity contribution in [1.29, 1.82) is 0 Å². The van der Waals surface area contributed by atoms with E-state index in [1.807, 2.05) is 0 Å². The number of unbranched alkanes of at least 4 members (excludes halogenated alkanes) is 16. The number of carboxylic acids is 1. The van der Waals surface area contributed by atoms with Crippen molar-refractivity contribution in [2.75, 3.05) is 41.0 Å². The standard InChI is InChI=1S/C54H91NO7/c1-6-8-10-12-14-16-18-20-22-24-26-28-30-32-34-36-38-40-42-44-52(56)61-49-50(48-60-47-46-51(54(58)59)55(3,4)5)62-53(57)45-43-41-39-37-35-33-31-29-27-25-23-21-19-17-15-13-11-9-7-2/h9,11,14-18,20-21,23,27,29,33,35,50-51H,6-8,10,12-13,19,22,24-26,28,30-32,34,36-49H2,1-5H3/b11-9+,16-14+,17-15+,20-18+,23-21+,29-27+,35-33+. The van der Waals surface area contributed by atoms with Crippen LogP contribution in [0.15, 0.2) is 85.1 Å². The third-order valence-corrected chi connectivity index (χ3v) is 10.5.